The molecule has 5 amide bonds. The molecule has 4 heterocycles. The van der Waals surface area contributed by atoms with E-state index in [4.69, 9.17) is 14.7 Å². The van der Waals surface area contributed by atoms with Crippen molar-refractivity contribution in [3.63, 3.8) is 0 Å². The van der Waals surface area contributed by atoms with Gasteiger partial charge < -0.3 is 40.5 Å². The molecule has 2 saturated heterocycles. The smallest absolute Gasteiger partial charge is 0.407 e. The van der Waals surface area contributed by atoms with E-state index in [0.29, 0.717) is 13.1 Å². The number of aromatic nitrogens is 4. The van der Waals surface area contributed by atoms with E-state index in [-0.39, 0.29) is 40.6 Å². The Bertz CT molecular complexity index is 2120. The molecule has 2 bridgehead atoms. The van der Waals surface area contributed by atoms with Gasteiger partial charge in [0.05, 0.1) is 31.1 Å². The first-order chi connectivity index (χ1) is 28.5. The molecular weight excluding hydrogens is 747 g/mol. The molecule has 14 heteroatoms. The molecule has 5 aliphatic rings. The second-order valence-electron chi connectivity index (χ2n) is 17.3. The number of carbonyl (C=O) groups excluding carboxylic acids is 4. The van der Waals surface area contributed by atoms with Crippen molar-refractivity contribution in [1.82, 2.24) is 45.7 Å². The Balaban J connectivity index is 0.917. The van der Waals surface area contributed by atoms with Gasteiger partial charge in [-0.05, 0) is 92.2 Å². The van der Waals surface area contributed by atoms with Crippen LogP contribution in [0.5, 0.6) is 0 Å². The normalized spacial score (nSPS) is 24.8. The van der Waals surface area contributed by atoms with Crippen molar-refractivity contribution in [1.29, 1.82) is 0 Å². The highest BCUT2D eigenvalue weighted by atomic mass is 16.5. The van der Waals surface area contributed by atoms with Crippen molar-refractivity contribution < 1.29 is 23.9 Å². The molecule has 5 fully saturated rings. The van der Waals surface area contributed by atoms with Gasteiger partial charge in [-0.25, -0.2) is 19.6 Å². The average molecular weight is 804 g/mol. The minimum atomic E-state index is -0.804. The first kappa shape index (κ1) is 40.1. The number of nitrogens with one attached hydrogen (secondary N) is 5. The van der Waals surface area contributed by atoms with Crippen molar-refractivity contribution in [2.45, 2.75) is 113 Å². The summed E-state index contributed by atoms with van der Waals surface area (Å²) >= 11 is 0. The van der Waals surface area contributed by atoms with E-state index in [2.05, 4.69) is 50.2 Å². The van der Waals surface area contributed by atoms with Gasteiger partial charge in [0, 0.05) is 37.4 Å². The fourth-order valence-electron chi connectivity index (χ4n) is 10.3. The topological polar surface area (TPSA) is 177 Å². The van der Waals surface area contributed by atoms with Gasteiger partial charge in [-0.1, -0.05) is 68.4 Å². The standard InChI is InChI=1S/C45H57N9O5/c1-28(2)36(52-43(58)59-4)40(55)53-24-9-13-34(53)39-48-27-35(50-39)45-21-18-44(19-22-45,20-23-45)31-16-14-29(15-17-31)32-26-47-38(49-32)33-12-8-25-54(33)41(56)37(51-42(57)46-3)30-10-6-5-7-11-30/h5-7,10-11,14-17,26-28,33-34,36-37H,8-9,12-13,18-25H2,1-4H3,(H,47,49)(H,48,50)(H,52,58)(H2,46,51,57). The van der Waals surface area contributed by atoms with E-state index in [1.807, 2.05) is 66.4 Å². The molecule has 5 N–H and O–H groups in total. The lowest BCUT2D eigenvalue weighted by molar-refractivity contribution is -0.135. The fourth-order valence-corrected chi connectivity index (χ4v) is 10.3. The first-order valence-corrected chi connectivity index (χ1v) is 21.2. The van der Waals surface area contributed by atoms with Crippen molar-refractivity contribution in [3.8, 4) is 11.3 Å². The molecule has 4 aromatic rings. The van der Waals surface area contributed by atoms with Crippen LogP contribution in [-0.4, -0.2) is 87.0 Å². The van der Waals surface area contributed by atoms with Gasteiger partial charge in [0.2, 0.25) is 11.8 Å². The number of rotatable bonds is 11. The highest BCUT2D eigenvalue weighted by Crippen LogP contribution is 2.58. The second-order valence-corrected chi connectivity index (χ2v) is 17.3. The van der Waals surface area contributed by atoms with Crippen LogP contribution < -0.4 is 16.0 Å². The minimum absolute atomic E-state index is 0.0503. The van der Waals surface area contributed by atoms with E-state index in [9.17, 15) is 19.2 Å². The largest absolute Gasteiger partial charge is 0.453 e. The number of H-pyrrole nitrogens is 2. The van der Waals surface area contributed by atoms with Crippen molar-refractivity contribution in [2.75, 3.05) is 27.2 Å². The molecule has 2 aliphatic heterocycles. The van der Waals surface area contributed by atoms with E-state index < -0.39 is 24.2 Å². The fraction of sp³-hybridized carbons (Fsp3) is 0.511. The zero-order valence-corrected chi connectivity index (χ0v) is 34.6. The number of ether oxygens (including phenoxy) is 1. The number of alkyl carbamates (subject to hydrolysis) is 1. The number of nitrogens with zero attached hydrogens (tertiary/aromatic N) is 4. The zero-order chi connectivity index (χ0) is 41.3. The van der Waals surface area contributed by atoms with Crippen LogP contribution in [0.15, 0.2) is 67.0 Å². The predicted molar refractivity (Wildman–Crippen MR) is 222 cm³/mol. The maximum atomic E-state index is 14.0. The molecule has 312 valence electrons. The molecule has 3 aliphatic carbocycles. The second kappa shape index (κ2) is 16.5. The Hall–Kier alpha value is -5.66. The lowest BCUT2D eigenvalue weighted by Crippen LogP contribution is -2.51. The quantitative estimate of drug-likeness (QED) is 0.112. The van der Waals surface area contributed by atoms with Crippen LogP contribution in [0.25, 0.3) is 11.3 Å². The Labute approximate surface area is 345 Å². The number of amides is 5. The molecule has 3 saturated carbocycles. The number of benzene rings is 2. The molecule has 0 radical (unpaired) electrons. The zero-order valence-electron chi connectivity index (χ0n) is 34.6. The summed E-state index contributed by atoms with van der Waals surface area (Å²) in [6.45, 7) is 5.08. The Kier molecular flexibility index (Phi) is 11.2. The molecule has 0 spiro atoms. The van der Waals surface area contributed by atoms with Gasteiger partial charge in [-0.3, -0.25) is 9.59 Å². The number of hydrogen-bond acceptors (Lipinski definition) is 7. The summed E-state index contributed by atoms with van der Waals surface area (Å²) in [6.07, 6.45) is 13.2. The van der Waals surface area contributed by atoms with Crippen molar-refractivity contribution in [2.24, 2.45) is 5.92 Å². The third kappa shape index (κ3) is 7.69. The number of hydrogen-bond donors (Lipinski definition) is 5. The molecule has 4 unspecified atom stereocenters. The predicted octanol–water partition coefficient (Wildman–Crippen LogP) is 6.72. The molecule has 59 heavy (non-hydrogen) atoms. The highest BCUT2D eigenvalue weighted by Gasteiger charge is 2.51. The summed E-state index contributed by atoms with van der Waals surface area (Å²) in [5.41, 5.74) is 5.44. The number of methoxy groups -OCH3 is 1. The van der Waals surface area contributed by atoms with Crippen LogP contribution in [0.1, 0.15) is 125 Å². The van der Waals surface area contributed by atoms with Crippen molar-refractivity contribution in [3.05, 3.63) is 95.5 Å². The summed E-state index contributed by atoms with van der Waals surface area (Å²) in [5.74, 6) is 1.25. The van der Waals surface area contributed by atoms with Gasteiger partial charge >= 0.3 is 12.1 Å². The van der Waals surface area contributed by atoms with E-state index >= 15 is 0 Å². The monoisotopic (exact) mass is 803 g/mol. The van der Waals surface area contributed by atoms with Crippen LogP contribution in [-0.2, 0) is 25.2 Å². The molecule has 9 rings (SSSR count). The summed E-state index contributed by atoms with van der Waals surface area (Å²) in [4.78, 5) is 72.7. The van der Waals surface area contributed by atoms with Crippen LogP contribution in [0.2, 0.25) is 0 Å². The number of fused-ring (bicyclic) bond motifs is 3. The molecule has 2 aromatic heterocycles. The van der Waals surface area contributed by atoms with E-state index in [1.165, 1.54) is 18.4 Å². The number of likely N-dealkylation sites (tertiary alicyclic amines) is 2. The maximum absolute atomic E-state index is 14.0. The average Bonchev–Trinajstić information content (AvgIpc) is 4.12. The highest BCUT2D eigenvalue weighted by molar-refractivity contribution is 5.89. The molecule has 14 nitrogen and oxygen atoms in total. The van der Waals surface area contributed by atoms with E-state index in [1.54, 1.807) is 7.05 Å². The van der Waals surface area contributed by atoms with Gasteiger partial charge in [0.25, 0.3) is 0 Å². The summed E-state index contributed by atoms with van der Waals surface area (Å²) in [6, 6.07) is 16.1. The van der Waals surface area contributed by atoms with Gasteiger partial charge in [0.1, 0.15) is 23.7 Å². The Morgan fingerprint density at radius 2 is 1.36 bits per heavy atom. The lowest BCUT2D eigenvalue weighted by Gasteiger charge is -2.53. The van der Waals surface area contributed by atoms with Gasteiger partial charge in [-0.2, -0.15) is 0 Å². The number of imidazole rings is 2. The SMILES string of the molecule is CNC(=O)NC(C(=O)N1CCCC1c1ncc(-c2ccc(C34CCC(c5cnc(C6CCCN6C(=O)C(NC(=O)OC)C(C)C)[nH]5)(CC3)CC4)cc2)[nH]1)c1ccccc1. The van der Waals surface area contributed by atoms with Crippen LogP contribution in [0, 0.1) is 5.92 Å². The molecule has 2 aromatic carbocycles. The van der Waals surface area contributed by atoms with Gasteiger partial charge in [-0.15, -0.1) is 0 Å². The van der Waals surface area contributed by atoms with E-state index in [0.717, 1.165) is 92.7 Å². The summed E-state index contributed by atoms with van der Waals surface area (Å²) in [7, 11) is 2.85. The summed E-state index contributed by atoms with van der Waals surface area (Å²) < 4.78 is 4.80. The Morgan fingerprint density at radius 1 is 0.763 bits per heavy atom. The third-order valence-corrected chi connectivity index (χ3v) is 13.8. The van der Waals surface area contributed by atoms with Crippen LogP contribution in [0.4, 0.5) is 9.59 Å². The maximum Gasteiger partial charge on any atom is 0.407 e. The molecular formula is C45H57N9O5. The minimum Gasteiger partial charge on any atom is -0.453 e. The molecule has 4 atom stereocenters. The third-order valence-electron chi connectivity index (χ3n) is 13.8. The van der Waals surface area contributed by atoms with Gasteiger partial charge in [0.15, 0.2) is 0 Å². The van der Waals surface area contributed by atoms with Crippen LogP contribution >= 0.6 is 0 Å². The first-order valence-electron chi connectivity index (χ1n) is 21.2. The van der Waals surface area contributed by atoms with Crippen LogP contribution in [0.3, 0.4) is 0 Å². The van der Waals surface area contributed by atoms with Crippen molar-refractivity contribution >= 4 is 23.9 Å². The lowest BCUT2D eigenvalue weighted by atomic mass is 9.51. The number of urea groups is 1. The number of aromatic amines is 2. The number of carbonyl (C=O) groups is 4. The summed E-state index contributed by atoms with van der Waals surface area (Å²) in [5, 5.41) is 8.16. The Morgan fingerprint density at radius 3 is 1.97 bits per heavy atom.